The highest BCUT2D eigenvalue weighted by Crippen LogP contribution is 2.27. The number of H-pyrrole nitrogens is 1. The molecule has 96 valence electrons. The number of halogens is 3. The van der Waals surface area contributed by atoms with Gasteiger partial charge in [0.1, 0.15) is 12.2 Å². The van der Waals surface area contributed by atoms with Gasteiger partial charge in [0.25, 0.3) is 0 Å². The highest BCUT2D eigenvalue weighted by atomic mass is 19.4. The predicted molar refractivity (Wildman–Crippen MR) is 49.2 cm³/mol. The summed E-state index contributed by atoms with van der Waals surface area (Å²) in [5.74, 6) is -3.87. The maximum atomic E-state index is 12.2. The highest BCUT2D eigenvalue weighted by Gasteiger charge is 2.44. The Kier molecular flexibility index (Phi) is 2.85. The number of hydrogen-bond acceptors (Lipinski definition) is 6. The molecule has 0 aliphatic carbocycles. The Morgan fingerprint density at radius 1 is 1.50 bits per heavy atom. The molecule has 7 nitrogen and oxygen atoms in total. The molecule has 1 atom stereocenters. The van der Waals surface area contributed by atoms with Gasteiger partial charge in [-0.1, -0.05) is 5.16 Å². The summed E-state index contributed by atoms with van der Waals surface area (Å²) in [6, 6.07) is 0. The molecule has 2 aromatic rings. The number of alkyl halides is 3. The van der Waals surface area contributed by atoms with Crippen molar-refractivity contribution in [2.75, 3.05) is 0 Å². The van der Waals surface area contributed by atoms with Crippen LogP contribution in [0.25, 0.3) is 11.6 Å². The van der Waals surface area contributed by atoms with E-state index in [1.807, 2.05) is 0 Å². The van der Waals surface area contributed by atoms with Gasteiger partial charge >= 0.3 is 6.18 Å². The Balaban J connectivity index is 2.23. The fourth-order valence-corrected chi connectivity index (χ4v) is 1.18. The molecule has 0 aliphatic rings. The summed E-state index contributed by atoms with van der Waals surface area (Å²) in [7, 11) is 0. The van der Waals surface area contributed by atoms with Gasteiger partial charge in [0.2, 0.25) is 17.5 Å². The van der Waals surface area contributed by atoms with Crippen molar-refractivity contribution >= 4 is 5.78 Å². The van der Waals surface area contributed by atoms with Crippen molar-refractivity contribution < 1.29 is 22.5 Å². The number of carbonyl (C=O) groups is 1. The first-order valence-corrected chi connectivity index (χ1v) is 4.70. The molecular weight excluding hydrogens is 255 g/mol. The molecule has 0 aliphatic heterocycles. The third-order valence-electron chi connectivity index (χ3n) is 2.11. The van der Waals surface area contributed by atoms with Crippen LogP contribution in [0.2, 0.25) is 0 Å². The van der Waals surface area contributed by atoms with E-state index in [0.717, 1.165) is 6.92 Å². The fraction of sp³-hybridized carbons (Fsp3) is 0.375. The van der Waals surface area contributed by atoms with Gasteiger partial charge in [-0.25, -0.2) is 4.98 Å². The molecule has 2 rings (SSSR count). The minimum atomic E-state index is -4.94. The monoisotopic (exact) mass is 261 g/mol. The van der Waals surface area contributed by atoms with E-state index in [1.54, 1.807) is 0 Å². The molecule has 0 bridgehead atoms. The van der Waals surface area contributed by atoms with Crippen LogP contribution >= 0.6 is 0 Å². The fourth-order valence-electron chi connectivity index (χ4n) is 1.18. The Morgan fingerprint density at radius 3 is 2.78 bits per heavy atom. The molecule has 18 heavy (non-hydrogen) atoms. The summed E-state index contributed by atoms with van der Waals surface area (Å²) in [4.78, 5) is 18.3. The summed E-state index contributed by atoms with van der Waals surface area (Å²) in [6.45, 7) is 1.04. The number of carbonyl (C=O) groups excluding carboxylic acids is 1. The van der Waals surface area contributed by atoms with Crippen molar-refractivity contribution in [3.05, 3.63) is 12.2 Å². The topological polar surface area (TPSA) is 97.6 Å². The molecule has 2 aromatic heterocycles. The standard InChI is InChI=1S/C8H6F3N5O2/c1-3(4(17)8(9,10)11)7-14-6(16-18-7)5-12-2-13-15-5/h2-3H,1H3,(H,12,13,15). The van der Waals surface area contributed by atoms with Crippen LogP contribution in [-0.2, 0) is 4.79 Å². The second-order valence-corrected chi connectivity index (χ2v) is 3.37. The van der Waals surface area contributed by atoms with Crippen molar-refractivity contribution in [2.24, 2.45) is 0 Å². The molecule has 0 radical (unpaired) electrons. The Labute approximate surface area is 97.4 Å². The van der Waals surface area contributed by atoms with Crippen LogP contribution < -0.4 is 0 Å². The van der Waals surface area contributed by atoms with Crippen LogP contribution in [0.5, 0.6) is 0 Å². The summed E-state index contributed by atoms with van der Waals surface area (Å²) >= 11 is 0. The second kappa shape index (κ2) is 4.20. The number of Topliss-reactive ketones (excluding diaryl/α,β-unsaturated/α-hetero) is 1. The molecule has 1 N–H and O–H groups in total. The number of nitrogens with zero attached hydrogens (tertiary/aromatic N) is 4. The molecular formula is C8H6F3N5O2. The molecule has 1 unspecified atom stereocenters. The van der Waals surface area contributed by atoms with E-state index >= 15 is 0 Å². The van der Waals surface area contributed by atoms with Gasteiger partial charge in [-0.2, -0.15) is 23.3 Å². The Morgan fingerprint density at radius 2 is 2.22 bits per heavy atom. The van der Waals surface area contributed by atoms with Crippen LogP contribution in [0.15, 0.2) is 10.9 Å². The van der Waals surface area contributed by atoms with E-state index in [4.69, 9.17) is 0 Å². The van der Waals surface area contributed by atoms with E-state index in [0.29, 0.717) is 0 Å². The number of nitrogens with one attached hydrogen (secondary N) is 1. The number of aromatic amines is 1. The van der Waals surface area contributed by atoms with Gasteiger partial charge < -0.3 is 4.52 Å². The van der Waals surface area contributed by atoms with Crippen molar-refractivity contribution in [3.8, 4) is 11.6 Å². The maximum Gasteiger partial charge on any atom is 0.450 e. The van der Waals surface area contributed by atoms with Gasteiger partial charge in [-0.05, 0) is 6.92 Å². The van der Waals surface area contributed by atoms with E-state index in [-0.39, 0.29) is 11.6 Å². The molecule has 0 amide bonds. The second-order valence-electron chi connectivity index (χ2n) is 3.37. The summed E-state index contributed by atoms with van der Waals surface area (Å²) < 4.78 is 41.2. The van der Waals surface area contributed by atoms with E-state index in [2.05, 4.69) is 29.8 Å². The lowest BCUT2D eigenvalue weighted by atomic mass is 10.1. The Hall–Kier alpha value is -2.26. The van der Waals surface area contributed by atoms with Crippen molar-refractivity contribution in [1.29, 1.82) is 0 Å². The van der Waals surface area contributed by atoms with Gasteiger partial charge in [0.05, 0.1) is 0 Å². The highest BCUT2D eigenvalue weighted by molar-refractivity contribution is 5.89. The van der Waals surface area contributed by atoms with Gasteiger partial charge in [0, 0.05) is 0 Å². The van der Waals surface area contributed by atoms with Crippen LogP contribution in [0.4, 0.5) is 13.2 Å². The summed E-state index contributed by atoms with van der Waals surface area (Å²) in [5, 5.41) is 9.34. The van der Waals surface area contributed by atoms with Gasteiger partial charge in [-0.15, -0.1) is 0 Å². The maximum absolute atomic E-state index is 12.2. The van der Waals surface area contributed by atoms with Crippen molar-refractivity contribution in [3.63, 3.8) is 0 Å². The van der Waals surface area contributed by atoms with E-state index in [9.17, 15) is 18.0 Å². The van der Waals surface area contributed by atoms with E-state index in [1.165, 1.54) is 6.33 Å². The molecule has 0 fully saturated rings. The average molecular weight is 261 g/mol. The first-order valence-electron chi connectivity index (χ1n) is 4.70. The molecule has 0 aromatic carbocycles. The normalized spacial score (nSPS) is 13.6. The zero-order valence-electron chi connectivity index (χ0n) is 8.89. The SMILES string of the molecule is CC(C(=O)C(F)(F)F)c1nc(-c2ncn[nH]2)no1. The number of aromatic nitrogens is 5. The first-order chi connectivity index (χ1) is 8.39. The number of hydrogen-bond donors (Lipinski definition) is 1. The first kappa shape index (κ1) is 12.2. The summed E-state index contributed by atoms with van der Waals surface area (Å²) in [6.07, 6.45) is -3.77. The minimum Gasteiger partial charge on any atom is -0.338 e. The zero-order valence-corrected chi connectivity index (χ0v) is 8.89. The largest absolute Gasteiger partial charge is 0.450 e. The number of ketones is 1. The Bertz CT molecular complexity index is 547. The smallest absolute Gasteiger partial charge is 0.338 e. The number of rotatable bonds is 3. The van der Waals surface area contributed by atoms with Crippen LogP contribution in [0, 0.1) is 0 Å². The lowest BCUT2D eigenvalue weighted by molar-refractivity contribution is -0.172. The van der Waals surface area contributed by atoms with Gasteiger partial charge in [-0.3, -0.25) is 9.89 Å². The third-order valence-corrected chi connectivity index (χ3v) is 2.11. The molecule has 0 saturated heterocycles. The quantitative estimate of drug-likeness (QED) is 0.888. The molecule has 10 heteroatoms. The van der Waals surface area contributed by atoms with Crippen LogP contribution in [-0.4, -0.2) is 37.3 Å². The minimum absolute atomic E-state index is 0.0654. The lowest BCUT2D eigenvalue weighted by Gasteiger charge is -2.07. The van der Waals surface area contributed by atoms with Gasteiger partial charge in [0.15, 0.2) is 5.82 Å². The predicted octanol–water partition coefficient (Wildman–Crippen LogP) is 1.09. The van der Waals surface area contributed by atoms with Crippen molar-refractivity contribution in [1.82, 2.24) is 25.3 Å². The zero-order chi connectivity index (χ0) is 13.3. The van der Waals surface area contributed by atoms with E-state index < -0.39 is 23.8 Å². The van der Waals surface area contributed by atoms with Crippen LogP contribution in [0.1, 0.15) is 18.7 Å². The average Bonchev–Trinajstić information content (AvgIpc) is 2.95. The summed E-state index contributed by atoms with van der Waals surface area (Å²) in [5.41, 5.74) is 0. The lowest BCUT2D eigenvalue weighted by Crippen LogP contribution is -2.27. The molecule has 2 heterocycles. The van der Waals surface area contributed by atoms with Crippen molar-refractivity contribution in [2.45, 2.75) is 19.0 Å². The van der Waals surface area contributed by atoms with Crippen LogP contribution in [0.3, 0.4) is 0 Å². The molecule has 0 spiro atoms. The third kappa shape index (κ3) is 2.21. The molecule has 0 saturated carbocycles.